The third kappa shape index (κ3) is 2.71. The molecule has 8 heteroatoms. The van der Waals surface area contributed by atoms with Crippen LogP contribution in [-0.2, 0) is 6.18 Å². The molecule has 0 aliphatic heterocycles. The van der Waals surface area contributed by atoms with Gasteiger partial charge in [0, 0.05) is 22.7 Å². The molecule has 2 aromatic heterocycles. The molecule has 2 heterocycles. The Bertz CT molecular complexity index is 1090. The van der Waals surface area contributed by atoms with Crippen LogP contribution in [0.5, 0.6) is 0 Å². The normalized spacial score (nSPS) is 12.0. The molecule has 126 valence electrons. The smallest absolute Gasteiger partial charge is 0.361 e. The molecule has 3 N–H and O–H groups in total. The minimum Gasteiger partial charge on any atom is -0.361 e. The molecule has 0 radical (unpaired) electrons. The number of carbonyl (C=O) groups is 1. The summed E-state index contributed by atoms with van der Waals surface area (Å²) in [5.41, 5.74) is 2.02. The topological polar surface area (TPSA) is 73.6 Å². The highest BCUT2D eigenvalue weighted by Gasteiger charge is 2.34. The van der Waals surface area contributed by atoms with Gasteiger partial charge in [-0.15, -0.1) is 0 Å². The second-order valence-corrected chi connectivity index (χ2v) is 5.51. The van der Waals surface area contributed by atoms with E-state index in [-0.39, 0.29) is 16.6 Å². The maximum absolute atomic E-state index is 12.7. The molecule has 0 saturated carbocycles. The zero-order valence-corrected chi connectivity index (χ0v) is 12.6. The number of anilines is 1. The van der Waals surface area contributed by atoms with Crippen LogP contribution in [0.2, 0.25) is 0 Å². The van der Waals surface area contributed by atoms with Crippen molar-refractivity contribution in [3.05, 3.63) is 60.0 Å². The van der Waals surface area contributed by atoms with E-state index >= 15 is 0 Å². The number of fused-ring (bicyclic) bond motifs is 2. The molecular formula is C17H11F3N4O. The predicted molar refractivity (Wildman–Crippen MR) is 87.3 cm³/mol. The summed E-state index contributed by atoms with van der Waals surface area (Å²) < 4.78 is 38.1. The Balaban J connectivity index is 1.67. The molecule has 0 saturated heterocycles. The summed E-state index contributed by atoms with van der Waals surface area (Å²) >= 11 is 0. The molecule has 0 bridgehead atoms. The van der Waals surface area contributed by atoms with Gasteiger partial charge in [-0.25, -0.2) is 4.98 Å². The van der Waals surface area contributed by atoms with Crippen molar-refractivity contribution in [1.29, 1.82) is 0 Å². The summed E-state index contributed by atoms with van der Waals surface area (Å²) in [6, 6.07) is 11.4. The van der Waals surface area contributed by atoms with E-state index in [1.165, 1.54) is 18.2 Å². The van der Waals surface area contributed by atoms with Gasteiger partial charge in [0.1, 0.15) is 0 Å². The molecular weight excluding hydrogens is 333 g/mol. The fraction of sp³-hybridized carbons (Fsp3) is 0.0588. The molecule has 0 aliphatic rings. The fourth-order valence-corrected chi connectivity index (χ4v) is 2.67. The van der Waals surface area contributed by atoms with Crippen molar-refractivity contribution in [3.63, 3.8) is 0 Å². The number of nitrogens with one attached hydrogen (secondary N) is 3. The number of alkyl halides is 3. The van der Waals surface area contributed by atoms with Crippen molar-refractivity contribution < 1.29 is 18.0 Å². The molecule has 25 heavy (non-hydrogen) atoms. The van der Waals surface area contributed by atoms with Gasteiger partial charge in [-0.1, -0.05) is 6.07 Å². The SMILES string of the molecule is O=C(Nc1cccc2[nH]ccc12)c1ccc2nc(C(F)(F)F)[nH]c2c1. The number of H-pyrrole nitrogens is 2. The Morgan fingerprint density at radius 3 is 2.72 bits per heavy atom. The highest BCUT2D eigenvalue weighted by molar-refractivity contribution is 6.09. The Hall–Kier alpha value is -3.29. The molecule has 2 aromatic carbocycles. The van der Waals surface area contributed by atoms with Crippen molar-refractivity contribution in [3.8, 4) is 0 Å². The second kappa shape index (κ2) is 5.37. The zero-order chi connectivity index (χ0) is 17.6. The number of aromatic nitrogens is 3. The summed E-state index contributed by atoms with van der Waals surface area (Å²) in [7, 11) is 0. The first-order valence-electron chi connectivity index (χ1n) is 7.36. The number of halogens is 3. The lowest BCUT2D eigenvalue weighted by molar-refractivity contribution is -0.144. The fourth-order valence-electron chi connectivity index (χ4n) is 2.67. The van der Waals surface area contributed by atoms with Gasteiger partial charge in [0.25, 0.3) is 5.91 Å². The number of imidazole rings is 1. The molecule has 0 atom stereocenters. The number of carbonyl (C=O) groups excluding carboxylic acids is 1. The lowest BCUT2D eigenvalue weighted by atomic mass is 10.1. The standard InChI is InChI=1S/C17H11F3N4O/c18-17(19,20)16-23-13-5-4-9(8-14(13)24-16)15(25)22-12-3-1-2-11-10(12)6-7-21-11/h1-8,21H,(H,22,25)(H,23,24). The predicted octanol–water partition coefficient (Wildman–Crippen LogP) is 4.32. The van der Waals surface area contributed by atoms with Crippen LogP contribution in [0.1, 0.15) is 16.2 Å². The van der Waals surface area contributed by atoms with E-state index < -0.39 is 17.9 Å². The Labute approximate surface area is 138 Å². The Morgan fingerprint density at radius 1 is 1.08 bits per heavy atom. The van der Waals surface area contributed by atoms with E-state index in [1.807, 2.05) is 12.1 Å². The Kier molecular flexibility index (Phi) is 3.28. The highest BCUT2D eigenvalue weighted by Crippen LogP contribution is 2.29. The molecule has 5 nitrogen and oxygen atoms in total. The van der Waals surface area contributed by atoms with Gasteiger partial charge in [-0.2, -0.15) is 13.2 Å². The Morgan fingerprint density at radius 2 is 1.92 bits per heavy atom. The van der Waals surface area contributed by atoms with Gasteiger partial charge in [0.2, 0.25) is 5.82 Å². The van der Waals surface area contributed by atoms with E-state index in [2.05, 4.69) is 20.3 Å². The number of benzene rings is 2. The van der Waals surface area contributed by atoms with E-state index in [0.717, 1.165) is 10.9 Å². The van der Waals surface area contributed by atoms with E-state index in [9.17, 15) is 18.0 Å². The molecule has 0 aliphatic carbocycles. The quantitative estimate of drug-likeness (QED) is 0.507. The first-order valence-corrected chi connectivity index (χ1v) is 7.36. The summed E-state index contributed by atoms with van der Waals surface area (Å²) in [6.45, 7) is 0. The lowest BCUT2D eigenvalue weighted by Gasteiger charge is -2.06. The number of amides is 1. The monoisotopic (exact) mass is 344 g/mol. The van der Waals surface area contributed by atoms with Gasteiger partial charge in [0.15, 0.2) is 0 Å². The maximum Gasteiger partial charge on any atom is 0.449 e. The number of nitrogens with zero attached hydrogens (tertiary/aromatic N) is 1. The second-order valence-electron chi connectivity index (χ2n) is 5.51. The third-order valence-electron chi connectivity index (χ3n) is 3.86. The highest BCUT2D eigenvalue weighted by atomic mass is 19.4. The summed E-state index contributed by atoms with van der Waals surface area (Å²) in [5.74, 6) is -1.50. The molecule has 1 amide bonds. The van der Waals surface area contributed by atoms with Gasteiger partial charge in [-0.3, -0.25) is 4.79 Å². The first kappa shape index (κ1) is 15.3. The minimum atomic E-state index is -4.56. The molecule has 0 spiro atoms. The zero-order valence-electron chi connectivity index (χ0n) is 12.6. The van der Waals surface area contributed by atoms with Crippen molar-refractivity contribution >= 4 is 33.5 Å². The average Bonchev–Trinajstić information content (AvgIpc) is 3.20. The van der Waals surface area contributed by atoms with Crippen LogP contribution in [-0.4, -0.2) is 20.9 Å². The number of hydrogen-bond donors (Lipinski definition) is 3. The van der Waals surface area contributed by atoms with Crippen LogP contribution in [0.4, 0.5) is 18.9 Å². The third-order valence-corrected chi connectivity index (χ3v) is 3.86. The van der Waals surface area contributed by atoms with Crippen molar-refractivity contribution in [2.24, 2.45) is 0 Å². The maximum atomic E-state index is 12.7. The van der Waals surface area contributed by atoms with Gasteiger partial charge >= 0.3 is 6.18 Å². The number of aromatic amines is 2. The first-order chi connectivity index (χ1) is 11.9. The summed E-state index contributed by atoms with van der Waals surface area (Å²) in [4.78, 5) is 21.2. The van der Waals surface area contributed by atoms with Gasteiger partial charge < -0.3 is 15.3 Å². The van der Waals surface area contributed by atoms with Crippen molar-refractivity contribution in [2.45, 2.75) is 6.18 Å². The van der Waals surface area contributed by atoms with Crippen LogP contribution in [0, 0.1) is 0 Å². The minimum absolute atomic E-state index is 0.150. The molecule has 0 fully saturated rings. The molecule has 0 unspecified atom stereocenters. The molecule has 4 aromatic rings. The van der Waals surface area contributed by atoms with Crippen LogP contribution in [0.25, 0.3) is 21.9 Å². The average molecular weight is 344 g/mol. The van der Waals surface area contributed by atoms with E-state index in [0.29, 0.717) is 5.69 Å². The van der Waals surface area contributed by atoms with Crippen LogP contribution in [0.15, 0.2) is 48.7 Å². The van der Waals surface area contributed by atoms with Crippen LogP contribution in [0.3, 0.4) is 0 Å². The van der Waals surface area contributed by atoms with E-state index in [4.69, 9.17) is 0 Å². The van der Waals surface area contributed by atoms with Crippen LogP contribution >= 0.6 is 0 Å². The van der Waals surface area contributed by atoms with Crippen molar-refractivity contribution in [2.75, 3.05) is 5.32 Å². The van der Waals surface area contributed by atoms with E-state index in [1.54, 1.807) is 18.3 Å². The lowest BCUT2D eigenvalue weighted by Crippen LogP contribution is -2.11. The van der Waals surface area contributed by atoms with Crippen LogP contribution < -0.4 is 5.32 Å². The molecule has 4 rings (SSSR count). The largest absolute Gasteiger partial charge is 0.449 e. The van der Waals surface area contributed by atoms with Crippen molar-refractivity contribution in [1.82, 2.24) is 15.0 Å². The number of rotatable bonds is 2. The van der Waals surface area contributed by atoms with Gasteiger partial charge in [-0.05, 0) is 36.4 Å². The summed E-state index contributed by atoms with van der Waals surface area (Å²) in [5, 5.41) is 3.62. The van der Waals surface area contributed by atoms with Gasteiger partial charge in [0.05, 0.1) is 16.7 Å². The summed E-state index contributed by atoms with van der Waals surface area (Å²) in [6.07, 6.45) is -2.80. The number of hydrogen-bond acceptors (Lipinski definition) is 2.